The monoisotopic (exact) mass is 533 g/mol. The molecular formula is C29H21N3NiO4. The first kappa shape index (κ1) is 27.0. The molecule has 0 fully saturated rings. The molecule has 0 aliphatic heterocycles. The topological polar surface area (TPSA) is 110 Å². The van der Waals surface area contributed by atoms with Gasteiger partial charge in [0.05, 0.1) is 30.2 Å². The Morgan fingerprint density at radius 3 is 2.16 bits per heavy atom. The SMILES string of the molecule is COc1ccccc1/C(=C/N=C(c1ccccc1)c1ccccc1N=C([O-])c1ccccn1)C(=O)[O-].[Ni+2]. The molecule has 0 saturated heterocycles. The van der Waals surface area contributed by atoms with Crippen LogP contribution in [-0.4, -0.2) is 29.7 Å². The Labute approximate surface area is 224 Å². The second-order valence-corrected chi connectivity index (χ2v) is 7.52. The van der Waals surface area contributed by atoms with Gasteiger partial charge in [0, 0.05) is 40.6 Å². The van der Waals surface area contributed by atoms with Gasteiger partial charge in [0.1, 0.15) is 5.75 Å². The first-order chi connectivity index (χ1) is 17.6. The summed E-state index contributed by atoms with van der Waals surface area (Å²) >= 11 is 0. The summed E-state index contributed by atoms with van der Waals surface area (Å²) < 4.78 is 5.32. The Kier molecular flexibility index (Phi) is 9.47. The van der Waals surface area contributed by atoms with E-state index in [4.69, 9.17) is 4.74 Å². The summed E-state index contributed by atoms with van der Waals surface area (Å²) in [6.45, 7) is 0. The number of methoxy groups -OCH3 is 1. The Hall–Kier alpha value is -4.55. The minimum Gasteiger partial charge on any atom is -0.857 e. The summed E-state index contributed by atoms with van der Waals surface area (Å²) in [6, 6.07) is 28.0. The van der Waals surface area contributed by atoms with Crippen LogP contribution in [0.15, 0.2) is 119 Å². The largest absolute Gasteiger partial charge is 2.00 e. The van der Waals surface area contributed by atoms with Crippen molar-refractivity contribution in [2.45, 2.75) is 0 Å². The van der Waals surface area contributed by atoms with Crippen molar-refractivity contribution in [3.8, 4) is 5.75 Å². The van der Waals surface area contributed by atoms with E-state index in [1.54, 1.807) is 66.7 Å². The summed E-state index contributed by atoms with van der Waals surface area (Å²) in [5.41, 5.74) is 2.44. The molecule has 0 N–H and O–H groups in total. The first-order valence-corrected chi connectivity index (χ1v) is 11.0. The van der Waals surface area contributed by atoms with Gasteiger partial charge in [0.2, 0.25) is 0 Å². The van der Waals surface area contributed by atoms with Crippen LogP contribution in [0.25, 0.3) is 5.57 Å². The van der Waals surface area contributed by atoms with E-state index in [1.165, 1.54) is 19.5 Å². The van der Waals surface area contributed by atoms with Gasteiger partial charge in [-0.3, -0.25) is 15.0 Å². The van der Waals surface area contributed by atoms with Gasteiger partial charge in [-0.15, -0.1) is 0 Å². The van der Waals surface area contributed by atoms with Crippen molar-refractivity contribution in [2.75, 3.05) is 7.11 Å². The maximum Gasteiger partial charge on any atom is 2.00 e. The smallest absolute Gasteiger partial charge is 0.857 e. The number of pyridine rings is 1. The van der Waals surface area contributed by atoms with E-state index in [-0.39, 0.29) is 27.8 Å². The number of aliphatic carboxylic acids is 1. The van der Waals surface area contributed by atoms with Gasteiger partial charge >= 0.3 is 16.5 Å². The molecule has 0 saturated carbocycles. The normalized spacial score (nSPS) is 12.0. The Balaban J connectivity index is 0.00000380. The molecule has 0 radical (unpaired) electrons. The second-order valence-electron chi connectivity index (χ2n) is 7.52. The fourth-order valence-electron chi connectivity index (χ4n) is 3.55. The molecular weight excluding hydrogens is 513 g/mol. The molecule has 0 atom stereocenters. The minimum atomic E-state index is -1.40. The van der Waals surface area contributed by atoms with Crippen LogP contribution in [0.1, 0.15) is 22.4 Å². The van der Waals surface area contributed by atoms with E-state index in [9.17, 15) is 15.0 Å². The van der Waals surface area contributed by atoms with Crippen LogP contribution in [0.2, 0.25) is 0 Å². The number of hydrogen-bond donors (Lipinski definition) is 0. The molecule has 4 rings (SSSR count). The molecule has 1 heterocycles. The van der Waals surface area contributed by atoms with Crippen LogP contribution in [0, 0.1) is 0 Å². The fraction of sp³-hybridized carbons (Fsp3) is 0.0345. The molecule has 0 aliphatic carbocycles. The van der Waals surface area contributed by atoms with Gasteiger partial charge < -0.3 is 19.7 Å². The van der Waals surface area contributed by atoms with Gasteiger partial charge in [-0.25, -0.2) is 0 Å². The standard InChI is InChI=1S/C29H23N3O4.Ni/c1-36-26-17-8-6-13-21(26)23(29(34)35)19-31-27(20-11-3-2-4-12-20)22-14-5-7-15-24(22)32-28(33)25-16-9-10-18-30-25;/h2-19H,1H3,(H,32,33)(H,34,35);/q;+2/p-2/b23-19-,31-27?;. The van der Waals surface area contributed by atoms with E-state index in [1.807, 2.05) is 30.3 Å². The van der Waals surface area contributed by atoms with Crippen LogP contribution < -0.4 is 14.9 Å². The van der Waals surface area contributed by atoms with Crippen LogP contribution >= 0.6 is 0 Å². The first-order valence-electron chi connectivity index (χ1n) is 11.0. The molecule has 0 unspecified atom stereocenters. The molecule has 4 aromatic rings. The molecule has 7 nitrogen and oxygen atoms in total. The van der Waals surface area contributed by atoms with Gasteiger partial charge in [0.25, 0.3) is 0 Å². The van der Waals surface area contributed by atoms with Crippen molar-refractivity contribution in [1.82, 2.24) is 4.98 Å². The predicted octanol–water partition coefficient (Wildman–Crippen LogP) is 3.15. The Morgan fingerprint density at radius 1 is 0.838 bits per heavy atom. The molecule has 37 heavy (non-hydrogen) atoms. The number of ether oxygens (including phenoxy) is 1. The quantitative estimate of drug-likeness (QED) is 0.149. The second kappa shape index (κ2) is 13.0. The van der Waals surface area contributed by atoms with E-state index in [0.29, 0.717) is 33.8 Å². The van der Waals surface area contributed by atoms with Crippen molar-refractivity contribution in [2.24, 2.45) is 9.98 Å². The molecule has 0 spiro atoms. The van der Waals surface area contributed by atoms with Crippen molar-refractivity contribution in [1.29, 1.82) is 0 Å². The number of benzene rings is 3. The Bertz CT molecular complexity index is 1450. The summed E-state index contributed by atoms with van der Waals surface area (Å²) in [7, 11) is 1.46. The number of carboxylic acids is 1. The van der Waals surface area contributed by atoms with Crippen LogP contribution in [0.5, 0.6) is 5.75 Å². The zero-order chi connectivity index (χ0) is 25.3. The van der Waals surface area contributed by atoms with Crippen LogP contribution in [0.4, 0.5) is 5.69 Å². The number of rotatable bonds is 8. The third-order valence-corrected chi connectivity index (χ3v) is 5.25. The van der Waals surface area contributed by atoms with Crippen molar-refractivity contribution in [3.63, 3.8) is 0 Å². The number of aromatic nitrogens is 1. The van der Waals surface area contributed by atoms with Crippen molar-refractivity contribution >= 4 is 28.8 Å². The van der Waals surface area contributed by atoms with E-state index < -0.39 is 11.9 Å². The van der Waals surface area contributed by atoms with Gasteiger partial charge in [-0.05, 0) is 24.3 Å². The maximum absolute atomic E-state index is 12.8. The minimum absolute atomic E-state index is 0. The average Bonchev–Trinajstić information content (AvgIpc) is 2.92. The van der Waals surface area contributed by atoms with Crippen molar-refractivity contribution < 1.29 is 36.2 Å². The third-order valence-electron chi connectivity index (χ3n) is 5.25. The molecule has 1 aromatic heterocycles. The molecule has 3 aromatic carbocycles. The van der Waals surface area contributed by atoms with Gasteiger partial charge in [-0.2, -0.15) is 0 Å². The summed E-state index contributed by atoms with van der Waals surface area (Å²) in [5.74, 6) is -1.53. The molecule has 186 valence electrons. The third kappa shape index (κ3) is 6.57. The molecule has 8 heteroatoms. The Morgan fingerprint density at radius 2 is 1.49 bits per heavy atom. The summed E-state index contributed by atoms with van der Waals surface area (Å²) in [4.78, 5) is 25.0. The predicted molar refractivity (Wildman–Crippen MR) is 135 cm³/mol. The number of carboxylic acid groups (broad SMARTS) is 1. The zero-order valence-electron chi connectivity index (χ0n) is 19.7. The summed E-state index contributed by atoms with van der Waals surface area (Å²) in [6.07, 6.45) is 2.75. The van der Waals surface area contributed by atoms with Gasteiger partial charge in [-0.1, -0.05) is 72.8 Å². The van der Waals surface area contributed by atoms with Gasteiger partial charge in [0.15, 0.2) is 0 Å². The number of nitrogens with zero attached hydrogens (tertiary/aromatic N) is 3. The molecule has 0 amide bonds. The van der Waals surface area contributed by atoms with E-state index in [2.05, 4.69) is 15.0 Å². The zero-order valence-corrected chi connectivity index (χ0v) is 20.7. The van der Waals surface area contributed by atoms with Crippen molar-refractivity contribution in [3.05, 3.63) is 132 Å². The number of carbonyl (C=O) groups is 1. The summed E-state index contributed by atoms with van der Waals surface area (Å²) in [5, 5.41) is 24.8. The molecule has 0 bridgehead atoms. The maximum atomic E-state index is 12.8. The van der Waals surface area contributed by atoms with E-state index >= 15 is 0 Å². The van der Waals surface area contributed by atoms with Crippen LogP contribution in [0.3, 0.4) is 0 Å². The molecule has 0 aliphatic rings. The number of hydrogen-bond acceptors (Lipinski definition) is 7. The number of para-hydroxylation sites is 2. The average molecular weight is 534 g/mol. The number of aliphatic imine (C=N–C) groups is 2. The van der Waals surface area contributed by atoms with E-state index in [0.717, 1.165) is 0 Å². The fourth-order valence-corrected chi connectivity index (χ4v) is 3.55. The van der Waals surface area contributed by atoms with Crippen LogP contribution in [-0.2, 0) is 21.3 Å². The number of carbonyl (C=O) groups excluding carboxylic acids is 1.